The van der Waals surface area contributed by atoms with E-state index >= 15 is 0 Å². The first kappa shape index (κ1) is 33.3. The third-order valence-electron chi connectivity index (χ3n) is 8.36. The van der Waals surface area contributed by atoms with Gasteiger partial charge in [-0.3, -0.25) is 9.36 Å². The van der Waals surface area contributed by atoms with Crippen LogP contribution in [-0.2, 0) is 22.4 Å². The molecule has 0 radical (unpaired) electrons. The summed E-state index contributed by atoms with van der Waals surface area (Å²) in [4.78, 5) is 30.1. The minimum atomic E-state index is -2.98. The van der Waals surface area contributed by atoms with Crippen molar-refractivity contribution in [3.8, 4) is 12.3 Å². The number of fused-ring (bicyclic) bond motifs is 1. The van der Waals surface area contributed by atoms with Crippen LogP contribution >= 0.6 is 0 Å². The third kappa shape index (κ3) is 6.58. The predicted molar refractivity (Wildman–Crippen MR) is 169 cm³/mol. The quantitative estimate of drug-likeness (QED) is 0.292. The number of amides is 1. The second kappa shape index (κ2) is 13.6. The van der Waals surface area contributed by atoms with E-state index in [1.165, 1.54) is 4.57 Å². The van der Waals surface area contributed by atoms with Crippen LogP contribution in [0.5, 0.6) is 0 Å². The van der Waals surface area contributed by atoms with Crippen molar-refractivity contribution >= 4 is 28.8 Å². The lowest BCUT2D eigenvalue weighted by molar-refractivity contribution is -0.0675. The number of aromatic nitrogens is 2. The summed E-state index contributed by atoms with van der Waals surface area (Å²) in [5, 5.41) is 2.68. The fourth-order valence-corrected chi connectivity index (χ4v) is 17.3. The van der Waals surface area contributed by atoms with Crippen molar-refractivity contribution in [2.24, 2.45) is 0 Å². The molecule has 43 heavy (non-hydrogen) atoms. The van der Waals surface area contributed by atoms with Crippen molar-refractivity contribution in [2.45, 2.75) is 102 Å². The SMILES string of the molecule is C#CCO[C@@H]1[C@@H]2O[Si](C(C)C)(C(C)C)O[Si](C(C)C)(C(C)C)OC[C@H]2O[C@H]1n1ccc(NC(=O)c2ccccc2)nc1=O. The van der Waals surface area contributed by atoms with Gasteiger partial charge in [0, 0.05) is 11.8 Å². The summed E-state index contributed by atoms with van der Waals surface area (Å²) in [5.41, 5.74) is 0.394. The van der Waals surface area contributed by atoms with Crippen LogP contribution < -0.4 is 11.0 Å². The van der Waals surface area contributed by atoms with E-state index in [4.69, 9.17) is 28.9 Å². The second-order valence-electron chi connectivity index (χ2n) is 12.4. The second-order valence-corrected chi connectivity index (χ2v) is 21.3. The molecule has 1 aromatic carbocycles. The standard InChI is InChI=1S/C31H45N3O7Si2/c1-10-18-37-28-27-25(19-38-42(20(2)3,21(4)5)41-43(40-27,22(6)7)23(8)9)39-30(28)34-17-16-26(33-31(34)36)32-29(35)24-14-12-11-13-15-24/h1,11-17,20-23,25,27-28,30H,18-19H2,2-9H3,(H,32,33,35,36)/t25-,27-,28-,30-/m1/s1. The molecule has 2 aliphatic rings. The summed E-state index contributed by atoms with van der Waals surface area (Å²) in [6.45, 7) is 17.4. The van der Waals surface area contributed by atoms with Gasteiger partial charge in [-0.05, 0) is 40.4 Å². The molecule has 1 amide bonds. The summed E-state index contributed by atoms with van der Waals surface area (Å²) < 4.78 is 35.4. The largest absolute Gasteiger partial charge is 0.414 e. The van der Waals surface area contributed by atoms with Gasteiger partial charge in [0.25, 0.3) is 5.91 Å². The molecule has 0 unspecified atom stereocenters. The van der Waals surface area contributed by atoms with E-state index in [-0.39, 0.29) is 47.1 Å². The van der Waals surface area contributed by atoms with Crippen LogP contribution in [0.4, 0.5) is 5.82 Å². The molecule has 4 rings (SSSR count). The van der Waals surface area contributed by atoms with Gasteiger partial charge in [0.15, 0.2) is 6.23 Å². The van der Waals surface area contributed by atoms with Gasteiger partial charge in [-0.2, -0.15) is 4.98 Å². The van der Waals surface area contributed by atoms with Crippen molar-refractivity contribution < 1.29 is 27.2 Å². The van der Waals surface area contributed by atoms with Crippen LogP contribution in [0.15, 0.2) is 47.4 Å². The van der Waals surface area contributed by atoms with Crippen LogP contribution in [-0.4, -0.2) is 64.1 Å². The number of nitrogens with one attached hydrogen (secondary N) is 1. The third-order valence-corrected chi connectivity index (χ3v) is 18.6. The lowest BCUT2D eigenvalue weighted by Crippen LogP contribution is -2.66. The number of benzene rings is 1. The molecule has 3 heterocycles. The molecular weight excluding hydrogens is 583 g/mol. The minimum absolute atomic E-state index is 0.000799. The number of ether oxygens (including phenoxy) is 2. The Bertz CT molecular complexity index is 1340. The number of carbonyl (C=O) groups is 1. The topological polar surface area (TPSA) is 110 Å². The Kier molecular flexibility index (Phi) is 10.5. The number of hydrogen-bond donors (Lipinski definition) is 1. The smallest absolute Gasteiger partial charge is 0.351 e. The maximum Gasteiger partial charge on any atom is 0.351 e. The molecule has 12 heteroatoms. The number of anilines is 1. The summed E-state index contributed by atoms with van der Waals surface area (Å²) in [6, 6.07) is 10.3. The zero-order valence-electron chi connectivity index (χ0n) is 26.4. The highest BCUT2D eigenvalue weighted by Crippen LogP contribution is 2.48. The number of nitrogens with zero attached hydrogens (tertiary/aromatic N) is 2. The zero-order chi connectivity index (χ0) is 31.5. The molecule has 10 nitrogen and oxygen atoms in total. The monoisotopic (exact) mass is 627 g/mol. The molecule has 0 bridgehead atoms. The normalized spacial score (nSPS) is 24.9. The Labute approximate surface area is 256 Å². The first-order chi connectivity index (χ1) is 20.4. The molecule has 2 fully saturated rings. The van der Waals surface area contributed by atoms with Crippen LogP contribution in [0, 0.1) is 12.3 Å². The van der Waals surface area contributed by atoms with Gasteiger partial charge in [0.1, 0.15) is 30.7 Å². The lowest BCUT2D eigenvalue weighted by Gasteiger charge is -2.51. The maximum absolute atomic E-state index is 13.4. The Morgan fingerprint density at radius 2 is 1.67 bits per heavy atom. The molecule has 0 spiro atoms. The number of terminal acetylenes is 1. The number of rotatable bonds is 9. The predicted octanol–water partition coefficient (Wildman–Crippen LogP) is 5.37. The van der Waals surface area contributed by atoms with Gasteiger partial charge in [-0.1, -0.05) is 79.5 Å². The van der Waals surface area contributed by atoms with Crippen LogP contribution in [0.25, 0.3) is 0 Å². The minimum Gasteiger partial charge on any atom is -0.414 e. The highest BCUT2D eigenvalue weighted by Gasteiger charge is 2.62. The van der Waals surface area contributed by atoms with Gasteiger partial charge >= 0.3 is 22.8 Å². The van der Waals surface area contributed by atoms with E-state index in [0.717, 1.165) is 0 Å². The number of carbonyl (C=O) groups excluding carboxylic acids is 1. The van der Waals surface area contributed by atoms with Crippen LogP contribution in [0.1, 0.15) is 72.0 Å². The Morgan fingerprint density at radius 3 is 2.23 bits per heavy atom. The van der Waals surface area contributed by atoms with Gasteiger partial charge < -0.3 is 27.8 Å². The van der Waals surface area contributed by atoms with Crippen molar-refractivity contribution in [3.63, 3.8) is 0 Å². The first-order valence-corrected chi connectivity index (χ1v) is 19.0. The molecule has 4 atom stereocenters. The molecule has 1 N–H and O–H groups in total. The van der Waals surface area contributed by atoms with Crippen molar-refractivity contribution in [1.29, 1.82) is 0 Å². The van der Waals surface area contributed by atoms with Crippen molar-refractivity contribution in [1.82, 2.24) is 9.55 Å². The van der Waals surface area contributed by atoms with E-state index in [1.54, 1.807) is 36.5 Å². The Hall–Kier alpha value is -2.64. The lowest BCUT2D eigenvalue weighted by atomic mass is 10.1. The average molecular weight is 628 g/mol. The highest BCUT2D eigenvalue weighted by molar-refractivity contribution is 6.84. The Balaban J connectivity index is 1.72. The zero-order valence-corrected chi connectivity index (χ0v) is 28.4. The summed E-state index contributed by atoms with van der Waals surface area (Å²) in [7, 11) is -5.77. The van der Waals surface area contributed by atoms with E-state index in [0.29, 0.717) is 5.56 Å². The van der Waals surface area contributed by atoms with E-state index in [9.17, 15) is 9.59 Å². The van der Waals surface area contributed by atoms with Gasteiger partial charge in [0.05, 0.1) is 6.61 Å². The highest BCUT2D eigenvalue weighted by atomic mass is 28.5. The summed E-state index contributed by atoms with van der Waals surface area (Å²) >= 11 is 0. The van der Waals surface area contributed by atoms with Crippen LogP contribution in [0.2, 0.25) is 22.2 Å². The number of hydrogen-bond acceptors (Lipinski definition) is 8. The molecule has 2 aliphatic heterocycles. The fourth-order valence-electron chi connectivity index (χ4n) is 6.12. The van der Waals surface area contributed by atoms with E-state index < -0.39 is 47.4 Å². The summed E-state index contributed by atoms with van der Waals surface area (Å²) in [5.74, 6) is 2.29. The van der Waals surface area contributed by atoms with E-state index in [1.807, 2.05) is 6.07 Å². The molecule has 234 valence electrons. The molecule has 2 saturated heterocycles. The molecule has 2 aromatic rings. The Morgan fingerprint density at radius 1 is 1.05 bits per heavy atom. The molecule has 0 saturated carbocycles. The fraction of sp³-hybridized carbons (Fsp3) is 0.581. The van der Waals surface area contributed by atoms with Crippen LogP contribution in [0.3, 0.4) is 0 Å². The van der Waals surface area contributed by atoms with E-state index in [2.05, 4.69) is 71.6 Å². The van der Waals surface area contributed by atoms with Gasteiger partial charge in [0.2, 0.25) is 0 Å². The van der Waals surface area contributed by atoms with Gasteiger partial charge in [-0.15, -0.1) is 6.42 Å². The molecule has 0 aliphatic carbocycles. The maximum atomic E-state index is 13.4. The van der Waals surface area contributed by atoms with Gasteiger partial charge in [-0.25, -0.2) is 4.79 Å². The first-order valence-electron chi connectivity index (χ1n) is 15.0. The van der Waals surface area contributed by atoms with Crippen molar-refractivity contribution in [2.75, 3.05) is 18.5 Å². The molecular formula is C31H45N3O7Si2. The molecule has 1 aromatic heterocycles. The van der Waals surface area contributed by atoms with Crippen molar-refractivity contribution in [3.05, 3.63) is 58.6 Å². The average Bonchev–Trinajstić information content (AvgIpc) is 3.27. The summed E-state index contributed by atoms with van der Waals surface area (Å²) in [6.07, 6.45) is 4.40.